The zero-order chi connectivity index (χ0) is 14.7. The van der Waals surface area contributed by atoms with E-state index in [4.69, 9.17) is 28.5 Å². The topological polar surface area (TPSA) is 52.9 Å². The molecule has 0 heterocycles. The summed E-state index contributed by atoms with van der Waals surface area (Å²) < 4.78 is 0.594. The van der Waals surface area contributed by atoms with E-state index >= 15 is 0 Å². The van der Waals surface area contributed by atoms with Crippen molar-refractivity contribution >= 4 is 50.7 Å². The minimum atomic E-state index is -0.306. The van der Waals surface area contributed by atoms with Crippen molar-refractivity contribution in [1.29, 1.82) is 5.26 Å². The molecule has 20 heavy (non-hydrogen) atoms. The Hall–Kier alpha value is -1.54. The summed E-state index contributed by atoms with van der Waals surface area (Å²) >= 11 is 14.9. The largest absolute Gasteiger partial charge is 0.322 e. The molecule has 0 spiro atoms. The number of nitrogens with one attached hydrogen (secondary N) is 1. The Kier molecular flexibility index (Phi) is 4.66. The van der Waals surface area contributed by atoms with Crippen LogP contribution in [-0.4, -0.2) is 5.91 Å². The normalized spacial score (nSPS) is 9.90. The number of halogens is 3. The Balaban J connectivity index is 2.26. The molecule has 2 aromatic rings. The molecule has 0 atom stereocenters. The number of carbonyl (C=O) groups is 1. The monoisotopic (exact) mass is 368 g/mol. The predicted molar refractivity (Wildman–Crippen MR) is 83.3 cm³/mol. The molecule has 6 heteroatoms. The number of benzene rings is 2. The van der Waals surface area contributed by atoms with Crippen LogP contribution >= 0.6 is 39.1 Å². The van der Waals surface area contributed by atoms with Crippen LogP contribution in [0.5, 0.6) is 0 Å². The van der Waals surface area contributed by atoms with Gasteiger partial charge in [0.25, 0.3) is 5.91 Å². The minimum absolute atomic E-state index is 0.305. The van der Waals surface area contributed by atoms with Crippen LogP contribution in [-0.2, 0) is 0 Å². The van der Waals surface area contributed by atoms with E-state index in [1.165, 1.54) is 6.07 Å². The molecule has 0 aliphatic rings. The van der Waals surface area contributed by atoms with Crippen LogP contribution in [0.4, 0.5) is 5.69 Å². The van der Waals surface area contributed by atoms with Crippen LogP contribution in [0, 0.1) is 11.3 Å². The van der Waals surface area contributed by atoms with Crippen molar-refractivity contribution in [2.45, 2.75) is 0 Å². The summed E-state index contributed by atoms with van der Waals surface area (Å²) in [6.07, 6.45) is 0. The van der Waals surface area contributed by atoms with Gasteiger partial charge in [-0.15, -0.1) is 0 Å². The smallest absolute Gasteiger partial charge is 0.256 e. The average molecular weight is 370 g/mol. The van der Waals surface area contributed by atoms with Crippen molar-refractivity contribution in [1.82, 2.24) is 0 Å². The van der Waals surface area contributed by atoms with Crippen molar-refractivity contribution in [3.63, 3.8) is 0 Å². The summed E-state index contributed by atoms with van der Waals surface area (Å²) in [5.41, 5.74) is 1.25. The first-order chi connectivity index (χ1) is 9.51. The molecule has 0 fully saturated rings. The van der Waals surface area contributed by atoms with E-state index in [1.807, 2.05) is 6.07 Å². The molecule has 3 nitrogen and oxygen atoms in total. The van der Waals surface area contributed by atoms with E-state index in [0.29, 0.717) is 31.3 Å². The van der Waals surface area contributed by atoms with Gasteiger partial charge in [0.2, 0.25) is 0 Å². The molecular formula is C14H7BrCl2N2O. The number of hydrogen-bond donors (Lipinski definition) is 1. The van der Waals surface area contributed by atoms with E-state index in [0.717, 1.165) is 0 Å². The number of nitriles is 1. The summed E-state index contributed by atoms with van der Waals surface area (Å²) in [5.74, 6) is -0.306. The average Bonchev–Trinajstić information content (AvgIpc) is 2.40. The van der Waals surface area contributed by atoms with E-state index in [2.05, 4.69) is 21.2 Å². The fraction of sp³-hybridized carbons (Fsp3) is 0. The fourth-order valence-electron chi connectivity index (χ4n) is 1.56. The van der Waals surface area contributed by atoms with Gasteiger partial charge in [0.1, 0.15) is 6.07 Å². The van der Waals surface area contributed by atoms with Crippen molar-refractivity contribution in [2.75, 3.05) is 5.32 Å². The number of nitrogens with zero attached hydrogens (tertiary/aromatic N) is 1. The highest BCUT2D eigenvalue weighted by Crippen LogP contribution is 2.24. The fourth-order valence-corrected chi connectivity index (χ4v) is 2.58. The molecule has 2 rings (SSSR count). The third kappa shape index (κ3) is 3.31. The maximum atomic E-state index is 12.1. The third-order valence-electron chi connectivity index (χ3n) is 2.52. The van der Waals surface area contributed by atoms with Gasteiger partial charge in [-0.1, -0.05) is 23.2 Å². The minimum Gasteiger partial charge on any atom is -0.322 e. The summed E-state index contributed by atoms with van der Waals surface area (Å²) in [6.45, 7) is 0. The molecule has 100 valence electrons. The Bertz CT molecular complexity index is 726. The van der Waals surface area contributed by atoms with Gasteiger partial charge in [-0.3, -0.25) is 4.79 Å². The van der Waals surface area contributed by atoms with Gasteiger partial charge < -0.3 is 5.32 Å². The second-order valence-corrected chi connectivity index (χ2v) is 5.58. The lowest BCUT2D eigenvalue weighted by Crippen LogP contribution is -2.12. The van der Waals surface area contributed by atoms with Gasteiger partial charge >= 0.3 is 0 Å². The first-order valence-corrected chi connectivity index (χ1v) is 7.02. The van der Waals surface area contributed by atoms with Gasteiger partial charge in [-0.05, 0) is 52.3 Å². The summed E-state index contributed by atoms with van der Waals surface area (Å²) in [7, 11) is 0. The van der Waals surface area contributed by atoms with E-state index < -0.39 is 0 Å². The van der Waals surface area contributed by atoms with Crippen molar-refractivity contribution in [3.8, 4) is 6.07 Å². The standard InChI is InChI=1S/C14H7BrCl2N2O/c15-12-6-9(16)1-3-11(12)14(20)19-10-2-4-13(17)8(5-10)7-18/h1-6H,(H,19,20). The maximum absolute atomic E-state index is 12.1. The van der Waals surface area contributed by atoms with Gasteiger partial charge in [-0.25, -0.2) is 0 Å². The molecule has 0 saturated carbocycles. The van der Waals surface area contributed by atoms with Crippen molar-refractivity contribution in [3.05, 3.63) is 62.0 Å². The van der Waals surface area contributed by atoms with E-state index in [1.54, 1.807) is 30.3 Å². The summed E-state index contributed by atoms with van der Waals surface area (Å²) in [6, 6.07) is 11.5. The lowest BCUT2D eigenvalue weighted by atomic mass is 10.2. The number of carbonyl (C=O) groups excluding carboxylic acids is 1. The Morgan fingerprint density at radius 2 is 1.95 bits per heavy atom. The van der Waals surface area contributed by atoms with E-state index in [9.17, 15) is 4.79 Å². The molecule has 0 aromatic heterocycles. The van der Waals surface area contributed by atoms with Crippen LogP contribution in [0.3, 0.4) is 0 Å². The number of amides is 1. The van der Waals surface area contributed by atoms with Gasteiger partial charge in [0.05, 0.1) is 16.1 Å². The molecule has 1 N–H and O–H groups in total. The Morgan fingerprint density at radius 3 is 2.60 bits per heavy atom. The van der Waals surface area contributed by atoms with Crippen LogP contribution in [0.2, 0.25) is 10.0 Å². The lowest BCUT2D eigenvalue weighted by Gasteiger charge is -2.08. The molecule has 0 aliphatic carbocycles. The second-order valence-electron chi connectivity index (χ2n) is 3.88. The highest BCUT2D eigenvalue weighted by atomic mass is 79.9. The Morgan fingerprint density at radius 1 is 1.20 bits per heavy atom. The zero-order valence-corrected chi connectivity index (χ0v) is 13.1. The number of rotatable bonds is 2. The third-order valence-corrected chi connectivity index (χ3v) is 3.74. The van der Waals surface area contributed by atoms with Crippen LogP contribution in [0.1, 0.15) is 15.9 Å². The molecular weight excluding hydrogens is 363 g/mol. The van der Waals surface area contributed by atoms with Gasteiger partial charge in [0, 0.05) is 15.2 Å². The quantitative estimate of drug-likeness (QED) is 0.820. The molecule has 0 saturated heterocycles. The molecule has 0 unspecified atom stereocenters. The van der Waals surface area contributed by atoms with Crippen LogP contribution in [0.15, 0.2) is 40.9 Å². The number of anilines is 1. The van der Waals surface area contributed by atoms with Crippen LogP contribution in [0.25, 0.3) is 0 Å². The summed E-state index contributed by atoms with van der Waals surface area (Å²) in [4.78, 5) is 12.1. The highest BCUT2D eigenvalue weighted by Gasteiger charge is 2.11. The van der Waals surface area contributed by atoms with Crippen LogP contribution < -0.4 is 5.32 Å². The van der Waals surface area contributed by atoms with Crippen molar-refractivity contribution < 1.29 is 4.79 Å². The molecule has 0 aliphatic heterocycles. The van der Waals surface area contributed by atoms with E-state index in [-0.39, 0.29) is 5.91 Å². The molecule has 0 radical (unpaired) electrons. The van der Waals surface area contributed by atoms with Crippen molar-refractivity contribution in [2.24, 2.45) is 0 Å². The lowest BCUT2D eigenvalue weighted by molar-refractivity contribution is 0.102. The van der Waals surface area contributed by atoms with Gasteiger partial charge in [0.15, 0.2) is 0 Å². The van der Waals surface area contributed by atoms with Gasteiger partial charge in [-0.2, -0.15) is 5.26 Å². The molecule has 2 aromatic carbocycles. The Labute approximate surface area is 134 Å². The highest BCUT2D eigenvalue weighted by molar-refractivity contribution is 9.10. The summed E-state index contributed by atoms with van der Waals surface area (Å²) in [5, 5.41) is 12.5. The molecule has 0 bridgehead atoms. The second kappa shape index (κ2) is 6.27. The SMILES string of the molecule is N#Cc1cc(NC(=O)c2ccc(Cl)cc2Br)ccc1Cl. The number of hydrogen-bond acceptors (Lipinski definition) is 2. The first-order valence-electron chi connectivity index (χ1n) is 5.47. The zero-order valence-electron chi connectivity index (χ0n) is 9.95. The predicted octanol–water partition coefficient (Wildman–Crippen LogP) is 4.88. The maximum Gasteiger partial charge on any atom is 0.256 e. The first kappa shape index (κ1) is 14.9. The molecule has 1 amide bonds.